The maximum Gasteiger partial charge on any atom is 0.329 e. The second kappa shape index (κ2) is 20.5. The Bertz CT molecular complexity index is 2360. The van der Waals surface area contributed by atoms with Gasteiger partial charge in [-0.05, 0) is 93.2 Å². The maximum absolute atomic E-state index is 13.0. The molecule has 1 aliphatic heterocycles. The molecule has 15 nitrogen and oxygen atoms in total. The third-order valence-corrected chi connectivity index (χ3v) is 12.2. The van der Waals surface area contributed by atoms with Crippen LogP contribution in [0.1, 0.15) is 101 Å². The van der Waals surface area contributed by atoms with Crippen LogP contribution in [0, 0.1) is 0 Å². The van der Waals surface area contributed by atoms with Crippen molar-refractivity contribution in [3.05, 3.63) is 76.5 Å². The number of imide groups is 1. The predicted octanol–water partition coefficient (Wildman–Crippen LogP) is 5.40. The van der Waals surface area contributed by atoms with Gasteiger partial charge in [0, 0.05) is 82.6 Å². The van der Waals surface area contributed by atoms with Crippen molar-refractivity contribution in [2.75, 3.05) is 45.2 Å². The molecule has 7 rings (SSSR count). The summed E-state index contributed by atoms with van der Waals surface area (Å²) in [7, 11) is 3.51. The number of nitrogens with zero attached hydrogens (tertiary/aromatic N) is 6. The number of ether oxygens (including phenoxy) is 1. The van der Waals surface area contributed by atoms with Gasteiger partial charge in [-0.2, -0.15) is 4.98 Å². The zero-order valence-corrected chi connectivity index (χ0v) is 35.8. The van der Waals surface area contributed by atoms with Gasteiger partial charge in [-0.1, -0.05) is 43.7 Å². The van der Waals surface area contributed by atoms with Gasteiger partial charge in [0.05, 0.1) is 23.7 Å². The minimum atomic E-state index is -0.703. The van der Waals surface area contributed by atoms with Gasteiger partial charge in [0.1, 0.15) is 11.7 Å². The number of aryl methyl sites for hydroxylation is 2. The molecule has 0 bridgehead atoms. The van der Waals surface area contributed by atoms with E-state index in [1.54, 1.807) is 16.5 Å². The molecule has 1 aliphatic carbocycles. The monoisotopic (exact) mass is 835 g/mol. The molecule has 1 saturated carbocycles. The van der Waals surface area contributed by atoms with Crippen LogP contribution in [0.15, 0.2) is 59.7 Å². The van der Waals surface area contributed by atoms with Crippen LogP contribution in [-0.4, -0.2) is 97.4 Å². The summed E-state index contributed by atoms with van der Waals surface area (Å²) < 4.78 is 11.2. The molecule has 3 aromatic heterocycles. The first-order valence-electron chi connectivity index (χ1n) is 22.1. The van der Waals surface area contributed by atoms with Crippen molar-refractivity contribution >= 4 is 45.7 Å². The summed E-state index contributed by atoms with van der Waals surface area (Å²) in [5.74, 6) is -0.00854. The number of hydrogen-bond acceptors (Lipinski definition) is 10. The molecule has 2 fully saturated rings. The number of imidazole rings is 1. The smallest absolute Gasteiger partial charge is 0.329 e. The van der Waals surface area contributed by atoms with E-state index < -0.39 is 11.9 Å². The fourth-order valence-corrected chi connectivity index (χ4v) is 8.53. The number of aromatic nitrogens is 5. The van der Waals surface area contributed by atoms with Crippen molar-refractivity contribution in [2.24, 2.45) is 7.05 Å². The number of amides is 3. The zero-order valence-electron chi connectivity index (χ0n) is 35.8. The average molecular weight is 836 g/mol. The lowest BCUT2D eigenvalue weighted by Crippen LogP contribution is -2.44. The lowest BCUT2D eigenvalue weighted by atomic mass is 9.93. The second-order valence-corrected chi connectivity index (χ2v) is 16.6. The summed E-state index contributed by atoms with van der Waals surface area (Å²) in [6, 6.07) is 14.0. The van der Waals surface area contributed by atoms with E-state index in [9.17, 15) is 24.3 Å². The quantitative estimate of drug-likeness (QED) is 0.0587. The predicted molar refractivity (Wildman–Crippen MR) is 236 cm³/mol. The van der Waals surface area contributed by atoms with Crippen LogP contribution < -0.4 is 21.6 Å². The minimum Gasteiger partial charge on any atom is -0.393 e. The highest BCUT2D eigenvalue weighted by atomic mass is 16.5. The van der Waals surface area contributed by atoms with Crippen molar-refractivity contribution in [3.8, 4) is 11.1 Å². The number of aliphatic hydroxyl groups is 1. The Morgan fingerprint density at radius 3 is 2.52 bits per heavy atom. The van der Waals surface area contributed by atoms with Crippen LogP contribution in [0.2, 0.25) is 0 Å². The highest BCUT2D eigenvalue weighted by Crippen LogP contribution is 2.37. The number of piperidine rings is 1. The van der Waals surface area contributed by atoms with E-state index in [0.717, 1.165) is 104 Å². The molecule has 4 N–H and O–H groups in total. The highest BCUT2D eigenvalue weighted by molar-refractivity contribution is 6.00. The first-order valence-corrected chi connectivity index (χ1v) is 22.1. The number of hydrogen-bond donors (Lipinski definition) is 4. The van der Waals surface area contributed by atoms with Gasteiger partial charge in [-0.25, -0.2) is 9.78 Å². The number of aliphatic hydroxyl groups excluding tert-OH is 1. The van der Waals surface area contributed by atoms with Gasteiger partial charge in [0.2, 0.25) is 23.7 Å². The maximum atomic E-state index is 13.0. The third kappa shape index (κ3) is 10.6. The topological polar surface area (TPSA) is 178 Å². The summed E-state index contributed by atoms with van der Waals surface area (Å²) in [5.41, 5.74) is 6.52. The molecule has 1 atom stereocenters. The molecule has 0 unspecified atom stereocenters. The zero-order chi connectivity index (χ0) is 42.9. The van der Waals surface area contributed by atoms with E-state index >= 15 is 0 Å². The number of carbonyl (C=O) groups excluding carboxylic acids is 3. The van der Waals surface area contributed by atoms with Crippen molar-refractivity contribution < 1.29 is 24.2 Å². The van der Waals surface area contributed by atoms with Crippen LogP contribution in [0.25, 0.3) is 33.2 Å². The van der Waals surface area contributed by atoms with E-state index in [2.05, 4.69) is 62.9 Å². The number of fused-ring (bicyclic) bond motifs is 2. The van der Waals surface area contributed by atoms with Crippen LogP contribution in [0.3, 0.4) is 0 Å². The van der Waals surface area contributed by atoms with Crippen LogP contribution in [-0.2, 0) is 39.1 Å². The van der Waals surface area contributed by atoms with Gasteiger partial charge < -0.3 is 29.9 Å². The van der Waals surface area contributed by atoms with E-state index in [-0.39, 0.29) is 30.0 Å². The van der Waals surface area contributed by atoms with Crippen molar-refractivity contribution in [1.82, 2.24) is 39.2 Å². The van der Waals surface area contributed by atoms with Crippen LogP contribution in [0.4, 0.5) is 5.95 Å². The lowest BCUT2D eigenvalue weighted by molar-refractivity contribution is -0.135. The first kappa shape index (κ1) is 43.7. The Kier molecular flexibility index (Phi) is 14.7. The van der Waals surface area contributed by atoms with Crippen LogP contribution in [0.5, 0.6) is 0 Å². The first-order chi connectivity index (χ1) is 29.6. The Labute approximate surface area is 356 Å². The SMILES string of the molecule is CCCCNc1ncc2c(-c3ccc(CNCCCC(=O)N(C)CCOCCCc4ccc5c(c4)n(C)c(=O)n5[C@H]4CCC(=O)NC4=O)cc3)cn([C@H]3CC[C@H](O)CC3)c2n1. The average Bonchev–Trinajstić information content (AvgIpc) is 3.75. The molecular weight excluding hydrogens is 775 g/mol. The number of unbranched alkanes of at least 4 members (excludes halogenated alkanes) is 1. The molecule has 0 spiro atoms. The van der Waals surface area contributed by atoms with Gasteiger partial charge in [-0.15, -0.1) is 0 Å². The second-order valence-electron chi connectivity index (χ2n) is 16.6. The summed E-state index contributed by atoms with van der Waals surface area (Å²) in [6.07, 6.45) is 12.8. The van der Waals surface area contributed by atoms with E-state index in [1.807, 2.05) is 31.4 Å². The molecule has 2 aromatic carbocycles. The summed E-state index contributed by atoms with van der Waals surface area (Å²) >= 11 is 0. The number of nitrogens with one attached hydrogen (secondary N) is 3. The minimum absolute atomic E-state index is 0.0920. The number of carbonyl (C=O) groups is 3. The molecular formula is C46H61N9O6. The highest BCUT2D eigenvalue weighted by Gasteiger charge is 2.31. The number of benzene rings is 2. The molecule has 326 valence electrons. The normalized spacial score (nSPS) is 18.2. The molecule has 15 heteroatoms. The van der Waals surface area contributed by atoms with Gasteiger partial charge >= 0.3 is 5.69 Å². The molecule has 4 heterocycles. The number of rotatable bonds is 20. The molecule has 3 amide bonds. The van der Waals surface area contributed by atoms with E-state index in [1.165, 1.54) is 10.1 Å². The largest absolute Gasteiger partial charge is 0.393 e. The van der Waals surface area contributed by atoms with Gasteiger partial charge in [-0.3, -0.25) is 28.8 Å². The summed E-state index contributed by atoms with van der Waals surface area (Å²) in [6.45, 7) is 5.97. The Hall–Kier alpha value is -5.38. The lowest BCUT2D eigenvalue weighted by Gasteiger charge is -2.27. The fourth-order valence-electron chi connectivity index (χ4n) is 8.53. The molecule has 1 saturated heterocycles. The summed E-state index contributed by atoms with van der Waals surface area (Å²) in [4.78, 5) is 61.3. The molecule has 2 aliphatic rings. The molecule has 0 radical (unpaired) electrons. The molecule has 61 heavy (non-hydrogen) atoms. The van der Waals surface area contributed by atoms with Crippen molar-refractivity contribution in [3.63, 3.8) is 0 Å². The van der Waals surface area contributed by atoms with Crippen LogP contribution >= 0.6 is 0 Å². The Morgan fingerprint density at radius 1 is 0.967 bits per heavy atom. The van der Waals surface area contributed by atoms with Gasteiger partial charge in [0.15, 0.2) is 0 Å². The Morgan fingerprint density at radius 2 is 1.75 bits per heavy atom. The fraction of sp³-hybridized carbons (Fsp3) is 0.522. The summed E-state index contributed by atoms with van der Waals surface area (Å²) in [5, 5.41) is 20.4. The van der Waals surface area contributed by atoms with Gasteiger partial charge in [0.25, 0.3) is 0 Å². The standard InChI is InChI=1S/C46H61N9O6/c1-4-5-23-48-45-49-29-36-37(30-54(43(36)51-45)34-15-17-35(56)18-16-34)33-13-10-32(11-14-33)28-47-22-6-9-42(58)52(2)24-26-61-25-7-8-31-12-19-38-40(27-31)53(3)46(60)55(38)39-20-21-41(57)50-44(39)59/h10-14,19,27,29-30,34-35,39,47,56H,4-9,15-18,20-26,28H2,1-3H3,(H,48,49,51)(H,50,57,59)/t34-,35-,39-/m0/s1. The Balaban J connectivity index is 0.809. The third-order valence-electron chi connectivity index (χ3n) is 12.2. The number of anilines is 1. The van der Waals surface area contributed by atoms with Crippen molar-refractivity contribution in [2.45, 2.75) is 109 Å². The van der Waals surface area contributed by atoms with Crippen molar-refractivity contribution in [1.29, 1.82) is 0 Å². The number of likely N-dealkylation sites (N-methyl/N-ethyl adjacent to an activating group) is 1. The van der Waals surface area contributed by atoms with E-state index in [0.29, 0.717) is 56.7 Å². The van der Waals surface area contributed by atoms with E-state index in [4.69, 9.17) is 9.72 Å². The molecule has 5 aromatic rings.